The molecular weight excluding hydrogens is 496 g/mol. The Balaban J connectivity index is 1.45. The van der Waals surface area contributed by atoms with Gasteiger partial charge in [-0.1, -0.05) is 44.5 Å². The van der Waals surface area contributed by atoms with Gasteiger partial charge in [0.2, 0.25) is 10.0 Å². The van der Waals surface area contributed by atoms with Crippen molar-refractivity contribution in [1.82, 2.24) is 4.72 Å². The molecule has 0 aliphatic heterocycles. The molecule has 2 aromatic carbocycles. The molecule has 0 amide bonds. The second-order valence-electron chi connectivity index (χ2n) is 11.1. The van der Waals surface area contributed by atoms with E-state index in [4.69, 9.17) is 21.1 Å². The Kier molecular flexibility index (Phi) is 7.36. The van der Waals surface area contributed by atoms with Crippen LogP contribution in [0.2, 0.25) is 5.02 Å². The standard InChI is InChI=1S/C28H35ClN2O4S/c1-5-14-34-25-20(17-30)15-22(16-24(25)29)26(2,3)21-6-8-23(9-7-21)35-19-27-10-12-28(18-27,13-11-27)31-36(4,32)33/h6-9,15-16,31H,5,10-14,18-19H2,1-4H3. The fourth-order valence-electron chi connectivity index (χ4n) is 5.82. The lowest BCUT2D eigenvalue weighted by Crippen LogP contribution is -2.44. The number of halogens is 1. The molecule has 1 N–H and O–H groups in total. The van der Waals surface area contributed by atoms with Crippen molar-refractivity contribution in [2.24, 2.45) is 5.41 Å². The molecule has 2 aromatic rings. The minimum atomic E-state index is -3.22. The molecule has 2 bridgehead atoms. The lowest BCUT2D eigenvalue weighted by molar-refractivity contribution is 0.152. The maximum Gasteiger partial charge on any atom is 0.209 e. The van der Waals surface area contributed by atoms with Crippen LogP contribution in [0.4, 0.5) is 0 Å². The summed E-state index contributed by atoms with van der Waals surface area (Å²) in [5, 5.41) is 10.1. The highest BCUT2D eigenvalue weighted by Gasteiger charge is 2.55. The van der Waals surface area contributed by atoms with E-state index in [1.54, 1.807) is 0 Å². The molecule has 0 aromatic heterocycles. The zero-order valence-electron chi connectivity index (χ0n) is 21.5. The predicted octanol–water partition coefficient (Wildman–Crippen LogP) is 5.96. The molecule has 2 fully saturated rings. The van der Waals surface area contributed by atoms with E-state index in [1.165, 1.54) is 6.26 Å². The Labute approximate surface area is 220 Å². The summed E-state index contributed by atoms with van der Waals surface area (Å²) in [7, 11) is -3.22. The number of sulfonamides is 1. The maximum absolute atomic E-state index is 11.8. The van der Waals surface area contributed by atoms with Crippen molar-refractivity contribution in [2.75, 3.05) is 19.5 Å². The first-order valence-electron chi connectivity index (χ1n) is 12.5. The van der Waals surface area contributed by atoms with E-state index in [0.29, 0.717) is 29.5 Å². The first-order chi connectivity index (χ1) is 16.9. The Hall–Kier alpha value is -2.27. The SMILES string of the molecule is CCCOc1c(Cl)cc(C(C)(C)c2ccc(OCC34CCC(NS(C)(=O)=O)(CC3)C4)cc2)cc1C#N. The smallest absolute Gasteiger partial charge is 0.209 e. The number of nitriles is 1. The Morgan fingerprint density at radius 2 is 1.75 bits per heavy atom. The summed E-state index contributed by atoms with van der Waals surface area (Å²) < 4.78 is 38.4. The number of benzene rings is 2. The van der Waals surface area contributed by atoms with Gasteiger partial charge in [-0.2, -0.15) is 5.26 Å². The van der Waals surface area contributed by atoms with Crippen molar-refractivity contribution in [1.29, 1.82) is 5.26 Å². The summed E-state index contributed by atoms with van der Waals surface area (Å²) in [5.41, 5.74) is 1.80. The van der Waals surface area contributed by atoms with Crippen LogP contribution in [0.3, 0.4) is 0 Å². The van der Waals surface area contributed by atoms with Gasteiger partial charge in [-0.05, 0) is 73.9 Å². The first kappa shape index (κ1) is 26.8. The van der Waals surface area contributed by atoms with Crippen molar-refractivity contribution in [3.05, 3.63) is 58.1 Å². The van der Waals surface area contributed by atoms with Crippen molar-refractivity contribution in [2.45, 2.75) is 70.3 Å². The van der Waals surface area contributed by atoms with Crippen molar-refractivity contribution in [3.8, 4) is 17.6 Å². The molecule has 36 heavy (non-hydrogen) atoms. The summed E-state index contributed by atoms with van der Waals surface area (Å²) in [6.45, 7) is 7.31. The second-order valence-corrected chi connectivity index (χ2v) is 13.2. The molecule has 8 heteroatoms. The van der Waals surface area contributed by atoms with Crippen LogP contribution in [-0.4, -0.2) is 33.4 Å². The van der Waals surface area contributed by atoms with Crippen molar-refractivity contribution < 1.29 is 17.9 Å². The monoisotopic (exact) mass is 530 g/mol. The van der Waals surface area contributed by atoms with Gasteiger partial charge >= 0.3 is 0 Å². The quantitative estimate of drug-likeness (QED) is 0.409. The lowest BCUT2D eigenvalue weighted by Gasteiger charge is -2.28. The van der Waals surface area contributed by atoms with Crippen LogP contribution in [0.25, 0.3) is 0 Å². The van der Waals surface area contributed by atoms with Crippen LogP contribution in [0, 0.1) is 16.7 Å². The highest BCUT2D eigenvalue weighted by atomic mass is 35.5. The Morgan fingerprint density at radius 1 is 1.08 bits per heavy atom. The van der Waals surface area contributed by atoms with Crippen LogP contribution in [0.15, 0.2) is 36.4 Å². The molecule has 2 saturated carbocycles. The van der Waals surface area contributed by atoms with E-state index >= 15 is 0 Å². The molecule has 194 valence electrons. The topological polar surface area (TPSA) is 88.4 Å². The van der Waals surface area contributed by atoms with Gasteiger partial charge in [0.25, 0.3) is 0 Å². The number of rotatable bonds is 10. The van der Waals surface area contributed by atoms with E-state index in [0.717, 1.165) is 55.4 Å². The van der Waals surface area contributed by atoms with E-state index in [2.05, 4.69) is 24.6 Å². The Bertz CT molecular complexity index is 1260. The van der Waals surface area contributed by atoms with E-state index < -0.39 is 10.0 Å². The van der Waals surface area contributed by atoms with Gasteiger partial charge in [0.05, 0.1) is 30.1 Å². The number of nitrogens with zero attached hydrogens (tertiary/aromatic N) is 1. The third kappa shape index (κ3) is 5.51. The zero-order chi connectivity index (χ0) is 26.2. The summed E-state index contributed by atoms with van der Waals surface area (Å²) in [6.07, 6.45) is 6.59. The number of fused-ring (bicyclic) bond motifs is 2. The number of hydrogen-bond donors (Lipinski definition) is 1. The minimum Gasteiger partial charge on any atom is -0.493 e. The molecule has 0 atom stereocenters. The molecule has 0 spiro atoms. The molecule has 6 nitrogen and oxygen atoms in total. The minimum absolute atomic E-state index is 0.0294. The first-order valence-corrected chi connectivity index (χ1v) is 14.8. The molecule has 0 radical (unpaired) electrons. The van der Waals surface area contributed by atoms with Gasteiger partial charge in [-0.25, -0.2) is 13.1 Å². The van der Waals surface area contributed by atoms with Crippen molar-refractivity contribution >= 4 is 21.6 Å². The van der Waals surface area contributed by atoms with E-state index in [1.807, 2.05) is 43.3 Å². The normalized spacial score (nSPS) is 23.4. The van der Waals surface area contributed by atoms with Crippen LogP contribution in [0.1, 0.15) is 76.0 Å². The van der Waals surface area contributed by atoms with Crippen LogP contribution >= 0.6 is 11.6 Å². The fraction of sp³-hybridized carbons (Fsp3) is 0.536. The van der Waals surface area contributed by atoms with Crippen molar-refractivity contribution in [3.63, 3.8) is 0 Å². The van der Waals surface area contributed by atoms with Crippen LogP contribution in [0.5, 0.6) is 11.5 Å². The number of ether oxygens (including phenoxy) is 2. The van der Waals surface area contributed by atoms with Crippen LogP contribution in [-0.2, 0) is 15.4 Å². The fourth-order valence-corrected chi connectivity index (χ4v) is 7.15. The summed E-state index contributed by atoms with van der Waals surface area (Å²) >= 11 is 6.51. The zero-order valence-corrected chi connectivity index (χ0v) is 23.1. The maximum atomic E-state index is 11.8. The molecule has 4 rings (SSSR count). The predicted molar refractivity (Wildman–Crippen MR) is 142 cm³/mol. The molecule has 0 unspecified atom stereocenters. The van der Waals surface area contributed by atoms with Gasteiger partial charge in [-0.3, -0.25) is 0 Å². The van der Waals surface area contributed by atoms with Gasteiger partial charge < -0.3 is 9.47 Å². The third-order valence-corrected chi connectivity index (χ3v) is 8.92. The van der Waals surface area contributed by atoms with Gasteiger partial charge in [0, 0.05) is 16.4 Å². The van der Waals surface area contributed by atoms with Gasteiger partial charge in [0.1, 0.15) is 11.8 Å². The molecule has 0 heterocycles. The number of hydrogen-bond acceptors (Lipinski definition) is 5. The number of nitrogens with one attached hydrogen (secondary N) is 1. The van der Waals surface area contributed by atoms with Crippen LogP contribution < -0.4 is 14.2 Å². The van der Waals surface area contributed by atoms with Gasteiger partial charge in [-0.15, -0.1) is 0 Å². The van der Waals surface area contributed by atoms with E-state index in [-0.39, 0.29) is 16.4 Å². The van der Waals surface area contributed by atoms with Gasteiger partial charge in [0.15, 0.2) is 5.75 Å². The average molecular weight is 531 g/mol. The molecule has 2 aliphatic carbocycles. The summed E-state index contributed by atoms with van der Waals surface area (Å²) in [4.78, 5) is 0. The highest BCUT2D eigenvalue weighted by Crippen LogP contribution is 2.56. The average Bonchev–Trinajstić information content (AvgIpc) is 3.36. The molecule has 0 saturated heterocycles. The molecule has 2 aliphatic rings. The second kappa shape index (κ2) is 9.89. The highest BCUT2D eigenvalue weighted by molar-refractivity contribution is 7.88. The Morgan fingerprint density at radius 3 is 2.33 bits per heavy atom. The molecular formula is C28H35ClN2O4S. The van der Waals surface area contributed by atoms with E-state index in [9.17, 15) is 13.7 Å². The lowest BCUT2D eigenvalue weighted by atomic mass is 9.77. The third-order valence-electron chi connectivity index (χ3n) is 7.84. The summed E-state index contributed by atoms with van der Waals surface area (Å²) in [6, 6.07) is 14.0. The largest absolute Gasteiger partial charge is 0.493 e. The summed E-state index contributed by atoms with van der Waals surface area (Å²) in [5.74, 6) is 1.24.